The van der Waals surface area contributed by atoms with Gasteiger partial charge in [0.25, 0.3) is 11.7 Å². The molecule has 0 aromatic heterocycles. The molecule has 0 aliphatic carbocycles. The average Bonchev–Trinajstić information content (AvgIpc) is 3.06. The van der Waals surface area contributed by atoms with E-state index in [9.17, 15) is 13.2 Å². The molecule has 3 rings (SSSR count). The molecular formula is C19H22N3O3S+. The van der Waals surface area contributed by atoms with Crippen LogP contribution in [0, 0.1) is 13.8 Å². The van der Waals surface area contributed by atoms with Crippen LogP contribution in [-0.2, 0) is 10.0 Å². The van der Waals surface area contributed by atoms with E-state index in [1.807, 2.05) is 19.9 Å². The van der Waals surface area contributed by atoms with Crippen LogP contribution in [0.25, 0.3) is 0 Å². The standard InChI is InChI=1S/C19H21N3O3S/c1-13-9-14(2)11-15(10-13)19(23)21-16-5-3-6-17(12-16)26(24,25)22-18-7-4-8-20-18/h3,5-6,9-12H,4,7-8H2,1-2H3,(H,20,22)(H,21,23)/p+1. The molecule has 0 spiro atoms. The van der Waals surface area contributed by atoms with Crippen LogP contribution < -0.4 is 15.0 Å². The lowest BCUT2D eigenvalue weighted by molar-refractivity contribution is -0.448. The van der Waals surface area contributed by atoms with Gasteiger partial charge in [0.1, 0.15) is 4.90 Å². The molecule has 0 radical (unpaired) electrons. The highest BCUT2D eigenvalue weighted by Crippen LogP contribution is 2.17. The fraction of sp³-hybridized carbons (Fsp3) is 0.263. The number of hydrogen-bond acceptors (Lipinski definition) is 3. The quantitative estimate of drug-likeness (QED) is 0.751. The van der Waals surface area contributed by atoms with Crippen molar-refractivity contribution >= 4 is 27.5 Å². The molecule has 0 fully saturated rings. The number of amidine groups is 1. The molecule has 0 bridgehead atoms. The van der Waals surface area contributed by atoms with Crippen molar-refractivity contribution in [3.63, 3.8) is 0 Å². The first kappa shape index (κ1) is 18.1. The second-order valence-electron chi connectivity index (χ2n) is 6.47. The Balaban J connectivity index is 1.79. The van der Waals surface area contributed by atoms with Gasteiger partial charge in [-0.2, -0.15) is 13.1 Å². The zero-order chi connectivity index (χ0) is 18.7. The topological polar surface area (TPSA) is 89.2 Å². The van der Waals surface area contributed by atoms with Crippen LogP contribution >= 0.6 is 0 Å². The number of anilines is 1. The predicted octanol–water partition coefficient (Wildman–Crippen LogP) is 1.11. The van der Waals surface area contributed by atoms with E-state index >= 15 is 0 Å². The SMILES string of the molecule is Cc1cc(C)cc(C(=O)Nc2cccc(S(=O)(=O)NC3=[NH+]CCC3)c2)c1. The fourth-order valence-corrected chi connectivity index (χ4v) is 4.11. The Labute approximate surface area is 153 Å². The molecule has 1 aliphatic rings. The van der Waals surface area contributed by atoms with Gasteiger partial charge >= 0.3 is 10.0 Å². The van der Waals surface area contributed by atoms with Crippen molar-refractivity contribution in [2.24, 2.45) is 0 Å². The molecule has 6 nitrogen and oxygen atoms in total. The number of nitrogens with one attached hydrogen (secondary N) is 3. The molecular weight excluding hydrogens is 350 g/mol. The van der Waals surface area contributed by atoms with Crippen molar-refractivity contribution in [1.82, 2.24) is 4.72 Å². The number of sulfonamides is 1. The number of amides is 1. The molecule has 7 heteroatoms. The van der Waals surface area contributed by atoms with E-state index in [1.165, 1.54) is 12.1 Å². The minimum absolute atomic E-state index is 0.108. The molecule has 136 valence electrons. The van der Waals surface area contributed by atoms with E-state index in [0.29, 0.717) is 23.5 Å². The first-order valence-electron chi connectivity index (χ1n) is 8.46. The maximum Gasteiger partial charge on any atom is 0.328 e. The average molecular weight is 372 g/mol. The summed E-state index contributed by atoms with van der Waals surface area (Å²) in [4.78, 5) is 15.6. The first-order valence-corrected chi connectivity index (χ1v) is 9.94. The monoisotopic (exact) mass is 372 g/mol. The summed E-state index contributed by atoms with van der Waals surface area (Å²) in [7, 11) is -3.68. The Morgan fingerprint density at radius 1 is 1.08 bits per heavy atom. The fourth-order valence-electron chi connectivity index (χ4n) is 2.95. The van der Waals surface area contributed by atoms with Crippen LogP contribution in [0.5, 0.6) is 0 Å². The summed E-state index contributed by atoms with van der Waals surface area (Å²) in [5.41, 5.74) is 2.97. The minimum Gasteiger partial charge on any atom is -0.322 e. The third-order valence-electron chi connectivity index (χ3n) is 4.09. The molecule has 1 amide bonds. The highest BCUT2D eigenvalue weighted by Gasteiger charge is 2.24. The summed E-state index contributed by atoms with van der Waals surface area (Å²) in [6, 6.07) is 11.8. The van der Waals surface area contributed by atoms with Gasteiger partial charge in [-0.1, -0.05) is 23.3 Å². The van der Waals surface area contributed by atoms with E-state index in [1.54, 1.807) is 24.3 Å². The van der Waals surface area contributed by atoms with Crippen LogP contribution in [0.1, 0.15) is 34.3 Å². The van der Waals surface area contributed by atoms with Gasteiger partial charge in [-0.25, -0.2) is 0 Å². The van der Waals surface area contributed by atoms with Crippen LogP contribution in [0.4, 0.5) is 5.69 Å². The molecule has 0 saturated heterocycles. The molecule has 2 aromatic rings. The summed E-state index contributed by atoms with van der Waals surface area (Å²) in [5.74, 6) is 0.334. The summed E-state index contributed by atoms with van der Waals surface area (Å²) in [6.45, 7) is 4.62. The summed E-state index contributed by atoms with van der Waals surface area (Å²) in [6.07, 6.45) is 1.59. The van der Waals surface area contributed by atoms with E-state index in [0.717, 1.165) is 24.1 Å². The van der Waals surface area contributed by atoms with Gasteiger partial charge in [-0.05, 0) is 50.6 Å². The van der Waals surface area contributed by atoms with Crippen molar-refractivity contribution < 1.29 is 18.2 Å². The van der Waals surface area contributed by atoms with Gasteiger partial charge in [-0.3, -0.25) is 9.79 Å². The predicted molar refractivity (Wildman–Crippen MR) is 101 cm³/mol. The molecule has 0 atom stereocenters. The largest absolute Gasteiger partial charge is 0.328 e. The van der Waals surface area contributed by atoms with Crippen LogP contribution in [0.2, 0.25) is 0 Å². The Bertz CT molecular complexity index is 961. The van der Waals surface area contributed by atoms with E-state index in [2.05, 4.69) is 15.0 Å². The lowest BCUT2D eigenvalue weighted by Crippen LogP contribution is -2.72. The van der Waals surface area contributed by atoms with Crippen molar-refractivity contribution in [2.75, 3.05) is 11.9 Å². The molecule has 26 heavy (non-hydrogen) atoms. The van der Waals surface area contributed by atoms with Crippen molar-refractivity contribution in [2.45, 2.75) is 31.6 Å². The number of rotatable bonds is 4. The van der Waals surface area contributed by atoms with E-state index in [-0.39, 0.29) is 10.8 Å². The van der Waals surface area contributed by atoms with Gasteiger partial charge in [0, 0.05) is 11.3 Å². The Morgan fingerprint density at radius 2 is 1.81 bits per heavy atom. The number of aryl methyl sites for hydroxylation is 2. The van der Waals surface area contributed by atoms with Gasteiger partial charge in [-0.15, -0.1) is 0 Å². The highest BCUT2D eigenvalue weighted by molar-refractivity contribution is 7.90. The van der Waals surface area contributed by atoms with Crippen LogP contribution in [-0.4, -0.2) is 26.7 Å². The van der Waals surface area contributed by atoms with Crippen LogP contribution in [0.3, 0.4) is 0 Å². The van der Waals surface area contributed by atoms with E-state index < -0.39 is 10.0 Å². The number of benzene rings is 2. The summed E-state index contributed by atoms with van der Waals surface area (Å²) < 4.78 is 27.6. The van der Waals surface area contributed by atoms with Crippen LogP contribution in [0.15, 0.2) is 47.4 Å². The maximum absolute atomic E-state index is 12.5. The van der Waals surface area contributed by atoms with Gasteiger partial charge in [0.15, 0.2) is 0 Å². The van der Waals surface area contributed by atoms with Gasteiger partial charge in [0.05, 0.1) is 13.0 Å². The highest BCUT2D eigenvalue weighted by atomic mass is 32.2. The smallest absolute Gasteiger partial charge is 0.322 e. The third-order valence-corrected chi connectivity index (χ3v) is 5.48. The number of carbonyl (C=O) groups is 1. The molecule has 1 aliphatic heterocycles. The molecule has 0 unspecified atom stereocenters. The maximum atomic E-state index is 12.5. The Hall–Kier alpha value is -2.67. The number of carbonyl (C=O) groups excluding carboxylic acids is 1. The Kier molecular flexibility index (Phi) is 5.08. The molecule has 3 N–H and O–H groups in total. The normalized spacial score (nSPS) is 14.0. The second-order valence-corrected chi connectivity index (χ2v) is 8.16. The zero-order valence-corrected chi connectivity index (χ0v) is 15.6. The Morgan fingerprint density at radius 3 is 2.46 bits per heavy atom. The lowest BCUT2D eigenvalue weighted by atomic mass is 10.1. The first-order chi connectivity index (χ1) is 12.3. The van der Waals surface area contributed by atoms with Crippen molar-refractivity contribution in [1.29, 1.82) is 0 Å². The zero-order valence-electron chi connectivity index (χ0n) is 14.8. The van der Waals surface area contributed by atoms with E-state index in [4.69, 9.17) is 0 Å². The summed E-state index contributed by atoms with van der Waals surface area (Å²) in [5, 5.41) is 2.77. The van der Waals surface area contributed by atoms with Crippen molar-refractivity contribution in [3.05, 3.63) is 59.2 Å². The molecule has 0 saturated carbocycles. The minimum atomic E-state index is -3.68. The second kappa shape index (κ2) is 7.29. The third kappa shape index (κ3) is 4.29. The van der Waals surface area contributed by atoms with Gasteiger partial charge < -0.3 is 5.32 Å². The van der Waals surface area contributed by atoms with Gasteiger partial charge in [0.2, 0.25) is 0 Å². The summed E-state index contributed by atoms with van der Waals surface area (Å²) >= 11 is 0. The molecule has 1 heterocycles. The van der Waals surface area contributed by atoms with Crippen molar-refractivity contribution in [3.8, 4) is 0 Å². The number of hydrogen-bond donors (Lipinski definition) is 3. The molecule has 2 aromatic carbocycles. The lowest BCUT2D eigenvalue weighted by Gasteiger charge is -2.09.